The van der Waals surface area contributed by atoms with Crippen molar-refractivity contribution in [1.82, 2.24) is 9.88 Å². The number of nitrogens with one attached hydrogen (secondary N) is 1. The van der Waals surface area contributed by atoms with E-state index in [0.29, 0.717) is 25.1 Å². The molecule has 1 aromatic heterocycles. The highest BCUT2D eigenvalue weighted by atomic mass is 16.3. The van der Waals surface area contributed by atoms with E-state index in [-0.39, 0.29) is 23.7 Å². The van der Waals surface area contributed by atoms with Crippen LogP contribution in [0.3, 0.4) is 0 Å². The summed E-state index contributed by atoms with van der Waals surface area (Å²) in [7, 11) is 3.60. The van der Waals surface area contributed by atoms with Gasteiger partial charge in [0.05, 0.1) is 5.60 Å². The molecular formula is C33H40N4O3. The Morgan fingerprint density at radius 1 is 0.975 bits per heavy atom. The Kier molecular flexibility index (Phi) is 7.80. The lowest BCUT2D eigenvalue weighted by Gasteiger charge is -2.49. The van der Waals surface area contributed by atoms with Crippen LogP contribution in [0.4, 0.5) is 5.82 Å². The van der Waals surface area contributed by atoms with Crippen LogP contribution in [0, 0.1) is 11.8 Å². The molecule has 40 heavy (non-hydrogen) atoms. The highest BCUT2D eigenvalue weighted by molar-refractivity contribution is 5.92. The zero-order valence-electron chi connectivity index (χ0n) is 23.7. The predicted molar refractivity (Wildman–Crippen MR) is 158 cm³/mol. The molecule has 0 bridgehead atoms. The molecule has 3 aromatic rings. The minimum absolute atomic E-state index is 0.0457. The molecule has 1 heterocycles. The summed E-state index contributed by atoms with van der Waals surface area (Å²) < 4.78 is 0. The summed E-state index contributed by atoms with van der Waals surface area (Å²) in [6.07, 6.45) is 6.78. The van der Waals surface area contributed by atoms with E-state index in [1.807, 2.05) is 49.5 Å². The molecule has 7 heteroatoms. The Labute approximate surface area is 236 Å². The van der Waals surface area contributed by atoms with Gasteiger partial charge in [-0.1, -0.05) is 54.6 Å². The van der Waals surface area contributed by atoms with Crippen molar-refractivity contribution in [1.29, 1.82) is 0 Å². The average Bonchev–Trinajstić information content (AvgIpc) is 2.92. The Morgan fingerprint density at radius 2 is 1.60 bits per heavy atom. The summed E-state index contributed by atoms with van der Waals surface area (Å²) >= 11 is 0. The first-order valence-corrected chi connectivity index (χ1v) is 14.2. The van der Waals surface area contributed by atoms with Crippen molar-refractivity contribution in [3.63, 3.8) is 0 Å². The van der Waals surface area contributed by atoms with Crippen LogP contribution in [0.2, 0.25) is 0 Å². The minimum atomic E-state index is -0.706. The zero-order chi connectivity index (χ0) is 28.5. The molecule has 0 radical (unpaired) electrons. The number of pyridine rings is 1. The predicted octanol–water partition coefficient (Wildman–Crippen LogP) is 5.34. The van der Waals surface area contributed by atoms with Gasteiger partial charge >= 0.3 is 0 Å². The molecular weight excluding hydrogens is 500 g/mol. The number of hydrogen-bond donors (Lipinski definition) is 3. The third kappa shape index (κ3) is 6.11. The molecule has 210 valence electrons. The second-order valence-electron chi connectivity index (χ2n) is 12.3. The summed E-state index contributed by atoms with van der Waals surface area (Å²) in [5.74, 6) is 1.02. The maximum absolute atomic E-state index is 13.0. The molecule has 2 aliphatic rings. The smallest absolute Gasteiger partial charge is 0.225 e. The first kappa shape index (κ1) is 28.0. The number of rotatable bonds is 7. The van der Waals surface area contributed by atoms with E-state index in [4.69, 9.17) is 5.73 Å². The Bertz CT molecular complexity index is 1350. The zero-order valence-corrected chi connectivity index (χ0v) is 23.7. The largest absolute Gasteiger partial charge is 0.390 e. The van der Waals surface area contributed by atoms with Crippen LogP contribution in [-0.4, -0.2) is 46.5 Å². The van der Waals surface area contributed by atoms with Crippen LogP contribution >= 0.6 is 0 Å². The maximum atomic E-state index is 13.0. The van der Waals surface area contributed by atoms with Crippen LogP contribution in [-0.2, 0) is 15.1 Å². The molecule has 0 spiro atoms. The Hall–Kier alpha value is -3.55. The van der Waals surface area contributed by atoms with E-state index in [0.717, 1.165) is 53.5 Å². The number of hydrogen-bond acceptors (Lipinski definition) is 5. The molecule has 2 amide bonds. The van der Waals surface area contributed by atoms with Crippen LogP contribution < -0.4 is 11.1 Å². The molecule has 0 atom stereocenters. The number of carbonyl (C=O) groups excluding carboxylic acids is 2. The molecule has 0 unspecified atom stereocenters. The molecule has 2 aromatic carbocycles. The van der Waals surface area contributed by atoms with Gasteiger partial charge in [-0.2, -0.15) is 0 Å². The monoisotopic (exact) mass is 540 g/mol. The highest BCUT2D eigenvalue weighted by Crippen LogP contribution is 2.46. The topological polar surface area (TPSA) is 109 Å². The Balaban J connectivity index is 1.30. The molecule has 2 fully saturated rings. The maximum Gasteiger partial charge on any atom is 0.225 e. The summed E-state index contributed by atoms with van der Waals surface area (Å²) in [6.45, 7) is 1.82. The number of aliphatic hydroxyl groups is 1. The number of amides is 2. The van der Waals surface area contributed by atoms with Gasteiger partial charge in [-0.05, 0) is 79.7 Å². The van der Waals surface area contributed by atoms with Crippen LogP contribution in [0.25, 0.3) is 22.3 Å². The number of nitrogens with two attached hydrogens (primary N) is 1. The van der Waals surface area contributed by atoms with Gasteiger partial charge in [0.1, 0.15) is 5.82 Å². The van der Waals surface area contributed by atoms with Gasteiger partial charge in [0.15, 0.2) is 0 Å². The summed E-state index contributed by atoms with van der Waals surface area (Å²) in [6, 6.07) is 20.2. The number of aromatic nitrogens is 1. The highest BCUT2D eigenvalue weighted by Gasteiger charge is 2.49. The van der Waals surface area contributed by atoms with Gasteiger partial charge in [-0.3, -0.25) is 9.59 Å². The third-order valence-corrected chi connectivity index (χ3v) is 8.53. The van der Waals surface area contributed by atoms with Crippen LogP contribution in [0.15, 0.2) is 66.9 Å². The molecule has 2 aliphatic carbocycles. The summed E-state index contributed by atoms with van der Waals surface area (Å²) in [4.78, 5) is 31.5. The van der Waals surface area contributed by atoms with Gasteiger partial charge in [-0.15, -0.1) is 0 Å². The van der Waals surface area contributed by atoms with Gasteiger partial charge in [0.25, 0.3) is 0 Å². The lowest BCUT2D eigenvalue weighted by Crippen LogP contribution is -2.58. The molecule has 7 nitrogen and oxygen atoms in total. The van der Waals surface area contributed by atoms with Gasteiger partial charge in [-0.25, -0.2) is 4.98 Å². The van der Waals surface area contributed by atoms with Gasteiger partial charge in [0, 0.05) is 43.7 Å². The Morgan fingerprint density at radius 3 is 2.20 bits per heavy atom. The van der Waals surface area contributed by atoms with Gasteiger partial charge in [0.2, 0.25) is 11.8 Å². The fourth-order valence-corrected chi connectivity index (χ4v) is 6.54. The number of benzene rings is 2. The fourth-order valence-electron chi connectivity index (χ4n) is 6.54. The number of carbonyl (C=O) groups is 2. The number of nitrogens with zero attached hydrogens (tertiary/aromatic N) is 2. The molecule has 0 saturated heterocycles. The SMILES string of the molecule is CN(C)C(=O)[C@H]1CC[C@H](CC(=O)Nc2cc(-c3ccccc3)c(-c3ccc([C@]4(N)C[C@](C)(O)C4)cc3)cn2)CC1. The second-order valence-corrected chi connectivity index (χ2v) is 12.3. The molecule has 0 aliphatic heterocycles. The van der Waals surface area contributed by atoms with Gasteiger partial charge < -0.3 is 21.1 Å². The van der Waals surface area contributed by atoms with E-state index < -0.39 is 11.1 Å². The van der Waals surface area contributed by atoms with E-state index in [1.165, 1.54) is 0 Å². The second kappa shape index (κ2) is 11.1. The van der Waals surface area contributed by atoms with Crippen LogP contribution in [0.1, 0.15) is 57.4 Å². The first-order valence-electron chi connectivity index (χ1n) is 14.2. The molecule has 4 N–H and O–H groups in total. The van der Waals surface area contributed by atoms with Crippen molar-refractivity contribution < 1.29 is 14.7 Å². The van der Waals surface area contributed by atoms with Crippen molar-refractivity contribution >= 4 is 17.6 Å². The lowest BCUT2D eigenvalue weighted by molar-refractivity contribution is -0.134. The first-order chi connectivity index (χ1) is 19.0. The summed E-state index contributed by atoms with van der Waals surface area (Å²) in [5, 5.41) is 13.2. The fraction of sp³-hybridized carbons (Fsp3) is 0.424. The third-order valence-electron chi connectivity index (χ3n) is 8.53. The van der Waals surface area contributed by atoms with Crippen molar-refractivity contribution in [3.8, 4) is 22.3 Å². The van der Waals surface area contributed by atoms with E-state index in [1.54, 1.807) is 19.0 Å². The van der Waals surface area contributed by atoms with E-state index in [9.17, 15) is 14.7 Å². The molecule has 2 saturated carbocycles. The van der Waals surface area contributed by atoms with Crippen molar-refractivity contribution in [2.45, 2.75) is 63.0 Å². The standard InChI is InChI=1S/C33H40N4O3/c1-32(40)20-33(34,21-32)26-15-13-24(14-16-26)28-19-35-29(18-27(28)23-7-5-4-6-8-23)36-30(38)17-22-9-11-25(12-10-22)31(39)37(2)3/h4-8,13-16,18-19,22,25,40H,9-12,17,20-21,34H2,1-3H3,(H,35,36,38)/t22-,25-,32-,33-. The normalized spacial score (nSPS) is 26.0. The van der Waals surface area contributed by atoms with Crippen molar-refractivity contribution in [2.75, 3.05) is 19.4 Å². The van der Waals surface area contributed by atoms with Crippen molar-refractivity contribution in [3.05, 3.63) is 72.4 Å². The molecule has 5 rings (SSSR count). The lowest BCUT2D eigenvalue weighted by atomic mass is 9.63. The number of anilines is 1. The van der Waals surface area contributed by atoms with E-state index >= 15 is 0 Å². The van der Waals surface area contributed by atoms with E-state index in [2.05, 4.69) is 34.6 Å². The van der Waals surface area contributed by atoms with Crippen LogP contribution in [0.5, 0.6) is 0 Å². The minimum Gasteiger partial charge on any atom is -0.390 e. The quantitative estimate of drug-likeness (QED) is 0.375. The average molecular weight is 541 g/mol. The summed E-state index contributed by atoms with van der Waals surface area (Å²) in [5.41, 5.74) is 10.3. The van der Waals surface area contributed by atoms with Crippen molar-refractivity contribution in [2.24, 2.45) is 17.6 Å².